The summed E-state index contributed by atoms with van der Waals surface area (Å²) in [6, 6.07) is 3.73. The van der Waals surface area contributed by atoms with Crippen LogP contribution in [0.5, 0.6) is 0 Å². The van der Waals surface area contributed by atoms with Crippen molar-refractivity contribution in [2.24, 2.45) is 0 Å². The number of amides is 1. The lowest BCUT2D eigenvalue weighted by Gasteiger charge is -2.26. The summed E-state index contributed by atoms with van der Waals surface area (Å²) in [7, 11) is 0. The molecule has 2 rings (SSSR count). The van der Waals surface area contributed by atoms with Gasteiger partial charge in [-0.15, -0.1) is 0 Å². The third-order valence-electron chi connectivity index (χ3n) is 3.08. The van der Waals surface area contributed by atoms with Crippen LogP contribution in [0, 0.1) is 0 Å². The first-order chi connectivity index (χ1) is 9.31. The number of carbonyl (C=O) groups excluding carboxylic acids is 1. The molecule has 4 heteroatoms. The average Bonchev–Trinajstić information content (AvgIpc) is 2.48. The summed E-state index contributed by atoms with van der Waals surface area (Å²) in [6.07, 6.45) is 7.93. The molecule has 0 saturated carbocycles. The Kier molecular flexibility index (Phi) is 5.10. The maximum absolute atomic E-state index is 12.2. The predicted octanol–water partition coefficient (Wildman–Crippen LogP) is 2.37. The van der Waals surface area contributed by atoms with E-state index in [9.17, 15) is 4.79 Å². The van der Waals surface area contributed by atoms with Gasteiger partial charge in [-0.2, -0.15) is 0 Å². The number of hydrogen-bond acceptors (Lipinski definition) is 3. The smallest absolute Gasteiger partial charge is 0.255 e. The number of hydrogen-bond donors (Lipinski definition) is 0. The van der Waals surface area contributed by atoms with Crippen LogP contribution < -0.4 is 0 Å². The molecule has 0 N–H and O–H groups in total. The highest BCUT2D eigenvalue weighted by Crippen LogP contribution is 2.08. The summed E-state index contributed by atoms with van der Waals surface area (Å²) in [5.41, 5.74) is 1.54. The summed E-state index contributed by atoms with van der Waals surface area (Å²) in [5.74, 6) is 0.0416. The zero-order chi connectivity index (χ0) is 13.5. The summed E-state index contributed by atoms with van der Waals surface area (Å²) in [4.78, 5) is 18.3. The minimum absolute atomic E-state index is 0.0416. The van der Waals surface area contributed by atoms with Gasteiger partial charge in [-0.05, 0) is 24.6 Å². The number of unbranched alkanes of at least 4 members (excludes halogenated alkanes) is 1. The molecule has 0 aromatic carbocycles. The molecule has 1 saturated heterocycles. The molecule has 102 valence electrons. The first-order valence-electron chi connectivity index (χ1n) is 6.81. The first kappa shape index (κ1) is 13.7. The van der Waals surface area contributed by atoms with Crippen LogP contribution in [-0.2, 0) is 4.74 Å². The van der Waals surface area contributed by atoms with E-state index in [1.807, 2.05) is 23.1 Å². The monoisotopic (exact) mass is 260 g/mol. The Morgan fingerprint density at radius 3 is 2.84 bits per heavy atom. The van der Waals surface area contributed by atoms with Gasteiger partial charge in [0.1, 0.15) is 0 Å². The topological polar surface area (TPSA) is 42.4 Å². The van der Waals surface area contributed by atoms with Gasteiger partial charge in [0.15, 0.2) is 0 Å². The molecule has 0 bridgehead atoms. The van der Waals surface area contributed by atoms with Gasteiger partial charge in [-0.1, -0.05) is 19.4 Å². The summed E-state index contributed by atoms with van der Waals surface area (Å²) >= 11 is 0. The zero-order valence-corrected chi connectivity index (χ0v) is 11.3. The maximum Gasteiger partial charge on any atom is 0.255 e. The largest absolute Gasteiger partial charge is 0.378 e. The number of allylic oxidation sites excluding steroid dienone is 1. The Labute approximate surface area is 114 Å². The molecule has 1 aromatic heterocycles. The molecular weight excluding hydrogens is 240 g/mol. The van der Waals surface area contributed by atoms with Crippen molar-refractivity contribution in [3.05, 3.63) is 35.7 Å². The second kappa shape index (κ2) is 7.04. The van der Waals surface area contributed by atoms with Gasteiger partial charge in [-0.25, -0.2) is 0 Å². The normalized spacial score (nSPS) is 15.9. The van der Waals surface area contributed by atoms with E-state index in [-0.39, 0.29) is 5.91 Å². The summed E-state index contributed by atoms with van der Waals surface area (Å²) in [6.45, 7) is 4.71. The molecule has 0 spiro atoms. The van der Waals surface area contributed by atoms with Gasteiger partial charge in [0, 0.05) is 19.3 Å². The van der Waals surface area contributed by atoms with Gasteiger partial charge in [0.25, 0.3) is 5.91 Å². The van der Waals surface area contributed by atoms with Gasteiger partial charge in [0.2, 0.25) is 0 Å². The molecule has 1 aliphatic rings. The quantitative estimate of drug-likeness (QED) is 0.834. The molecule has 1 aliphatic heterocycles. The summed E-state index contributed by atoms with van der Waals surface area (Å²) < 4.78 is 5.24. The highest BCUT2D eigenvalue weighted by molar-refractivity contribution is 5.94. The predicted molar refractivity (Wildman–Crippen MR) is 74.9 cm³/mol. The van der Waals surface area contributed by atoms with Crippen molar-refractivity contribution < 1.29 is 9.53 Å². The van der Waals surface area contributed by atoms with Crippen LogP contribution in [0.4, 0.5) is 0 Å². The molecule has 0 aliphatic carbocycles. The van der Waals surface area contributed by atoms with Crippen molar-refractivity contribution in [1.82, 2.24) is 9.88 Å². The van der Waals surface area contributed by atoms with E-state index in [0.29, 0.717) is 31.9 Å². The maximum atomic E-state index is 12.2. The molecule has 0 radical (unpaired) electrons. The number of pyridine rings is 1. The van der Waals surface area contributed by atoms with Crippen LogP contribution in [-0.4, -0.2) is 42.1 Å². The van der Waals surface area contributed by atoms with Crippen LogP contribution in [0.1, 0.15) is 35.8 Å². The second-order valence-corrected chi connectivity index (χ2v) is 4.57. The zero-order valence-electron chi connectivity index (χ0n) is 11.3. The van der Waals surface area contributed by atoms with E-state index in [1.165, 1.54) is 0 Å². The second-order valence-electron chi connectivity index (χ2n) is 4.57. The lowest BCUT2D eigenvalue weighted by molar-refractivity contribution is 0.0302. The van der Waals surface area contributed by atoms with Crippen molar-refractivity contribution in [2.75, 3.05) is 26.3 Å². The van der Waals surface area contributed by atoms with Crippen LogP contribution >= 0.6 is 0 Å². The van der Waals surface area contributed by atoms with Crippen molar-refractivity contribution in [3.63, 3.8) is 0 Å². The van der Waals surface area contributed by atoms with E-state index < -0.39 is 0 Å². The summed E-state index contributed by atoms with van der Waals surface area (Å²) in [5, 5.41) is 0. The van der Waals surface area contributed by atoms with E-state index in [0.717, 1.165) is 18.5 Å². The van der Waals surface area contributed by atoms with Gasteiger partial charge in [0.05, 0.1) is 24.5 Å². The Morgan fingerprint density at radius 1 is 1.42 bits per heavy atom. The Morgan fingerprint density at radius 2 is 2.21 bits per heavy atom. The molecule has 1 amide bonds. The Hall–Kier alpha value is -1.68. The van der Waals surface area contributed by atoms with Crippen molar-refractivity contribution in [3.8, 4) is 0 Å². The minimum atomic E-state index is 0.0416. The van der Waals surface area contributed by atoms with Crippen LogP contribution in [0.25, 0.3) is 6.08 Å². The highest BCUT2D eigenvalue weighted by atomic mass is 16.5. The lowest BCUT2D eigenvalue weighted by Crippen LogP contribution is -2.40. The van der Waals surface area contributed by atoms with Crippen LogP contribution in [0.2, 0.25) is 0 Å². The fourth-order valence-electron chi connectivity index (χ4n) is 1.95. The molecule has 2 heterocycles. The van der Waals surface area contributed by atoms with E-state index in [2.05, 4.69) is 18.0 Å². The lowest BCUT2D eigenvalue weighted by atomic mass is 10.2. The van der Waals surface area contributed by atoms with Gasteiger partial charge >= 0.3 is 0 Å². The number of morpholine rings is 1. The minimum Gasteiger partial charge on any atom is -0.378 e. The number of rotatable bonds is 4. The van der Waals surface area contributed by atoms with Gasteiger partial charge in [-0.3, -0.25) is 9.78 Å². The third kappa shape index (κ3) is 3.89. The Bertz CT molecular complexity index is 434. The van der Waals surface area contributed by atoms with Crippen molar-refractivity contribution in [1.29, 1.82) is 0 Å². The van der Waals surface area contributed by atoms with Crippen molar-refractivity contribution in [2.45, 2.75) is 19.8 Å². The highest BCUT2D eigenvalue weighted by Gasteiger charge is 2.18. The molecule has 4 nitrogen and oxygen atoms in total. The molecule has 0 unspecified atom stereocenters. The van der Waals surface area contributed by atoms with Crippen molar-refractivity contribution >= 4 is 12.0 Å². The van der Waals surface area contributed by atoms with Gasteiger partial charge < -0.3 is 9.64 Å². The number of carbonyl (C=O) groups is 1. The third-order valence-corrected chi connectivity index (χ3v) is 3.08. The molecular formula is C15H20N2O2. The van der Waals surface area contributed by atoms with E-state index >= 15 is 0 Å². The average molecular weight is 260 g/mol. The van der Waals surface area contributed by atoms with E-state index in [4.69, 9.17) is 4.74 Å². The fraction of sp³-hybridized carbons (Fsp3) is 0.467. The Balaban J connectivity index is 1.99. The number of ether oxygens (including phenoxy) is 1. The molecule has 19 heavy (non-hydrogen) atoms. The SMILES string of the molecule is CCCC=Cc1ccc(C(=O)N2CCOCC2)cn1. The fourth-order valence-corrected chi connectivity index (χ4v) is 1.95. The van der Waals surface area contributed by atoms with Crippen LogP contribution in [0.3, 0.4) is 0 Å². The van der Waals surface area contributed by atoms with Crippen LogP contribution in [0.15, 0.2) is 24.4 Å². The molecule has 1 aromatic rings. The first-order valence-corrected chi connectivity index (χ1v) is 6.81. The van der Waals surface area contributed by atoms with E-state index in [1.54, 1.807) is 6.20 Å². The molecule has 0 atom stereocenters. The number of aromatic nitrogens is 1. The number of nitrogens with zero attached hydrogens (tertiary/aromatic N) is 2. The standard InChI is InChI=1S/C15H20N2O2/c1-2-3-4-5-14-7-6-13(12-16-14)15(18)17-8-10-19-11-9-17/h4-7,12H,2-3,8-11H2,1H3. The molecule has 1 fully saturated rings.